The zero-order valence-electron chi connectivity index (χ0n) is 11.6. The molecule has 3 rings (SSSR count). The average Bonchev–Trinajstić information content (AvgIpc) is 2.55. The van der Waals surface area contributed by atoms with Crippen LogP contribution in [0.15, 0.2) is 55.1 Å². The standard InChI is InChI=1S/C17H12Cl2N2O/c1-2-9-22-17-12-5-3-4-6-15(12)20-16(21-17)11-7-8-13(18)14(19)10-11/h2-8,10H,1,9H2. The summed E-state index contributed by atoms with van der Waals surface area (Å²) in [6.07, 6.45) is 1.68. The molecule has 0 aliphatic rings. The molecule has 0 spiro atoms. The van der Waals surface area contributed by atoms with Gasteiger partial charge in [0.1, 0.15) is 6.61 Å². The van der Waals surface area contributed by atoms with E-state index in [1.54, 1.807) is 18.2 Å². The molecule has 0 N–H and O–H groups in total. The molecular weight excluding hydrogens is 319 g/mol. The van der Waals surface area contributed by atoms with Gasteiger partial charge in [0, 0.05) is 5.56 Å². The number of nitrogens with zero attached hydrogens (tertiary/aromatic N) is 2. The Morgan fingerprint density at radius 3 is 2.64 bits per heavy atom. The van der Waals surface area contributed by atoms with Crippen LogP contribution in [0.4, 0.5) is 0 Å². The van der Waals surface area contributed by atoms with Crippen molar-refractivity contribution in [2.45, 2.75) is 0 Å². The zero-order valence-corrected chi connectivity index (χ0v) is 13.1. The molecule has 3 nitrogen and oxygen atoms in total. The quantitative estimate of drug-likeness (QED) is 0.619. The highest BCUT2D eigenvalue weighted by molar-refractivity contribution is 6.42. The van der Waals surface area contributed by atoms with Crippen LogP contribution in [0.3, 0.4) is 0 Å². The summed E-state index contributed by atoms with van der Waals surface area (Å²) in [7, 11) is 0. The molecule has 110 valence electrons. The molecule has 3 aromatic rings. The van der Waals surface area contributed by atoms with E-state index in [-0.39, 0.29) is 0 Å². The highest BCUT2D eigenvalue weighted by Crippen LogP contribution is 2.30. The van der Waals surface area contributed by atoms with E-state index in [9.17, 15) is 0 Å². The molecule has 0 amide bonds. The summed E-state index contributed by atoms with van der Waals surface area (Å²) >= 11 is 12.0. The molecule has 0 atom stereocenters. The van der Waals surface area contributed by atoms with Crippen molar-refractivity contribution in [3.05, 3.63) is 65.2 Å². The molecule has 0 unspecified atom stereocenters. The van der Waals surface area contributed by atoms with Crippen LogP contribution in [0.5, 0.6) is 5.88 Å². The SMILES string of the molecule is C=CCOc1nc(-c2ccc(Cl)c(Cl)c2)nc2ccccc12. The van der Waals surface area contributed by atoms with Gasteiger partial charge in [0.25, 0.3) is 0 Å². The highest BCUT2D eigenvalue weighted by Gasteiger charge is 2.11. The lowest BCUT2D eigenvalue weighted by atomic mass is 10.2. The van der Waals surface area contributed by atoms with E-state index >= 15 is 0 Å². The molecule has 0 aliphatic heterocycles. The van der Waals surface area contributed by atoms with Crippen molar-refractivity contribution in [3.8, 4) is 17.3 Å². The van der Waals surface area contributed by atoms with Crippen molar-refractivity contribution >= 4 is 34.1 Å². The Morgan fingerprint density at radius 2 is 1.86 bits per heavy atom. The molecule has 22 heavy (non-hydrogen) atoms. The number of benzene rings is 2. The van der Waals surface area contributed by atoms with E-state index in [4.69, 9.17) is 27.9 Å². The van der Waals surface area contributed by atoms with Gasteiger partial charge in [-0.15, -0.1) is 0 Å². The van der Waals surface area contributed by atoms with E-state index in [0.717, 1.165) is 16.5 Å². The second kappa shape index (κ2) is 6.34. The summed E-state index contributed by atoms with van der Waals surface area (Å²) in [5.41, 5.74) is 1.58. The zero-order chi connectivity index (χ0) is 15.5. The fraction of sp³-hybridized carbons (Fsp3) is 0.0588. The van der Waals surface area contributed by atoms with Gasteiger partial charge in [0.2, 0.25) is 5.88 Å². The number of rotatable bonds is 4. The number of hydrogen-bond acceptors (Lipinski definition) is 3. The lowest BCUT2D eigenvalue weighted by Gasteiger charge is -2.09. The minimum atomic E-state index is 0.377. The molecule has 0 aliphatic carbocycles. The van der Waals surface area contributed by atoms with Crippen molar-refractivity contribution in [2.75, 3.05) is 6.61 Å². The van der Waals surface area contributed by atoms with Crippen LogP contribution in [0, 0.1) is 0 Å². The van der Waals surface area contributed by atoms with Gasteiger partial charge in [-0.2, -0.15) is 4.98 Å². The van der Waals surface area contributed by atoms with Crippen molar-refractivity contribution in [3.63, 3.8) is 0 Å². The van der Waals surface area contributed by atoms with Gasteiger partial charge in [0.05, 0.1) is 20.9 Å². The Kier molecular flexibility index (Phi) is 4.27. The highest BCUT2D eigenvalue weighted by atomic mass is 35.5. The number of halogens is 2. The van der Waals surface area contributed by atoms with Gasteiger partial charge in [-0.3, -0.25) is 0 Å². The normalized spacial score (nSPS) is 10.6. The van der Waals surface area contributed by atoms with Gasteiger partial charge >= 0.3 is 0 Å². The third-order valence-corrected chi connectivity index (χ3v) is 3.82. The average molecular weight is 331 g/mol. The molecule has 1 heterocycles. The topological polar surface area (TPSA) is 35.0 Å². The molecule has 5 heteroatoms. The van der Waals surface area contributed by atoms with Crippen molar-refractivity contribution in [1.82, 2.24) is 9.97 Å². The van der Waals surface area contributed by atoms with Gasteiger partial charge in [-0.1, -0.05) is 48.0 Å². The Bertz CT molecular complexity index is 849. The fourth-order valence-corrected chi connectivity index (χ4v) is 2.36. The van der Waals surface area contributed by atoms with Crippen LogP contribution in [-0.4, -0.2) is 16.6 Å². The second-order valence-electron chi connectivity index (χ2n) is 4.60. The molecule has 2 aromatic carbocycles. The first kappa shape index (κ1) is 14.8. The maximum atomic E-state index is 6.07. The monoisotopic (exact) mass is 330 g/mol. The van der Waals surface area contributed by atoms with Gasteiger partial charge < -0.3 is 4.74 Å². The molecule has 0 saturated heterocycles. The summed E-state index contributed by atoms with van der Waals surface area (Å²) in [4.78, 5) is 9.06. The molecule has 0 saturated carbocycles. The van der Waals surface area contributed by atoms with Gasteiger partial charge in [-0.05, 0) is 30.3 Å². The number of hydrogen-bond donors (Lipinski definition) is 0. The maximum Gasteiger partial charge on any atom is 0.225 e. The molecular formula is C17H12Cl2N2O. The van der Waals surface area contributed by atoms with Crippen LogP contribution in [-0.2, 0) is 0 Å². The van der Waals surface area contributed by atoms with Crippen LogP contribution in [0.1, 0.15) is 0 Å². The van der Waals surface area contributed by atoms with Gasteiger partial charge in [-0.25, -0.2) is 4.98 Å². The summed E-state index contributed by atoms with van der Waals surface area (Å²) in [5.74, 6) is 1.06. The Morgan fingerprint density at radius 1 is 1.05 bits per heavy atom. The van der Waals surface area contributed by atoms with Crippen LogP contribution in [0.2, 0.25) is 10.0 Å². The third kappa shape index (κ3) is 2.91. The first-order chi connectivity index (χ1) is 10.7. The number of aromatic nitrogens is 2. The summed E-state index contributed by atoms with van der Waals surface area (Å²) in [5, 5.41) is 1.81. The van der Waals surface area contributed by atoms with Crippen LogP contribution in [0.25, 0.3) is 22.3 Å². The predicted molar refractivity (Wildman–Crippen MR) is 90.7 cm³/mol. The third-order valence-electron chi connectivity index (χ3n) is 3.08. The smallest absolute Gasteiger partial charge is 0.225 e. The van der Waals surface area contributed by atoms with E-state index in [1.165, 1.54) is 0 Å². The van der Waals surface area contributed by atoms with Gasteiger partial charge in [0.15, 0.2) is 5.82 Å². The minimum absolute atomic E-state index is 0.377. The molecule has 0 fully saturated rings. The summed E-state index contributed by atoms with van der Waals surface area (Å²) in [6, 6.07) is 13.0. The van der Waals surface area contributed by atoms with E-state index < -0.39 is 0 Å². The predicted octanol–water partition coefficient (Wildman–Crippen LogP) is 5.17. The first-order valence-corrected chi connectivity index (χ1v) is 7.40. The largest absolute Gasteiger partial charge is 0.473 e. The number of para-hydroxylation sites is 1. The van der Waals surface area contributed by atoms with E-state index in [1.807, 2.05) is 30.3 Å². The molecule has 0 radical (unpaired) electrons. The Hall–Kier alpha value is -2.10. The van der Waals surface area contributed by atoms with Crippen molar-refractivity contribution in [1.29, 1.82) is 0 Å². The second-order valence-corrected chi connectivity index (χ2v) is 5.41. The first-order valence-electron chi connectivity index (χ1n) is 6.65. The van der Waals surface area contributed by atoms with Crippen LogP contribution < -0.4 is 4.74 Å². The van der Waals surface area contributed by atoms with Crippen molar-refractivity contribution in [2.24, 2.45) is 0 Å². The summed E-state index contributed by atoms with van der Waals surface area (Å²) < 4.78 is 5.66. The van der Waals surface area contributed by atoms with E-state index in [2.05, 4.69) is 16.5 Å². The summed E-state index contributed by atoms with van der Waals surface area (Å²) in [6.45, 7) is 4.03. The Labute approximate surface area is 138 Å². The number of ether oxygens (including phenoxy) is 1. The lowest BCUT2D eigenvalue weighted by Crippen LogP contribution is -2.00. The molecule has 1 aromatic heterocycles. The van der Waals surface area contributed by atoms with E-state index in [0.29, 0.717) is 28.4 Å². The minimum Gasteiger partial charge on any atom is -0.473 e. The number of fused-ring (bicyclic) bond motifs is 1. The lowest BCUT2D eigenvalue weighted by molar-refractivity contribution is 0.353. The molecule has 0 bridgehead atoms. The fourth-order valence-electron chi connectivity index (χ4n) is 2.06. The Balaban J connectivity index is 2.16. The maximum absolute atomic E-state index is 6.07. The van der Waals surface area contributed by atoms with Crippen LogP contribution >= 0.6 is 23.2 Å². The van der Waals surface area contributed by atoms with Crippen molar-refractivity contribution < 1.29 is 4.74 Å².